The summed E-state index contributed by atoms with van der Waals surface area (Å²) in [6, 6.07) is 0. The van der Waals surface area contributed by atoms with E-state index < -0.39 is 0 Å². The number of rotatable bonds is 6. The summed E-state index contributed by atoms with van der Waals surface area (Å²) in [5.41, 5.74) is 0.553. The second-order valence-electron chi connectivity index (χ2n) is 4.50. The number of likely N-dealkylation sites (tertiary alicyclic amines) is 1. The fraction of sp³-hybridized carbons (Fsp3) is 0.769. The Balaban J connectivity index is 2.25. The molecule has 0 aromatic rings. The molecule has 17 heavy (non-hydrogen) atoms. The van der Waals surface area contributed by atoms with Gasteiger partial charge < -0.3 is 9.47 Å². The van der Waals surface area contributed by atoms with Crippen LogP contribution in [0.2, 0.25) is 0 Å². The van der Waals surface area contributed by atoms with Crippen LogP contribution >= 0.6 is 0 Å². The highest BCUT2D eigenvalue weighted by Gasteiger charge is 2.20. The molecule has 1 aliphatic rings. The first kappa shape index (κ1) is 14.2. The molecule has 0 aromatic heterocycles. The van der Waals surface area contributed by atoms with E-state index in [9.17, 15) is 4.79 Å². The van der Waals surface area contributed by atoms with E-state index in [2.05, 4.69) is 11.5 Å². The molecule has 0 spiro atoms. The Bertz CT molecular complexity index is 257. The van der Waals surface area contributed by atoms with Crippen LogP contribution in [0, 0.1) is 5.92 Å². The highest BCUT2D eigenvalue weighted by Crippen LogP contribution is 2.18. The van der Waals surface area contributed by atoms with Gasteiger partial charge in [-0.1, -0.05) is 6.58 Å². The van der Waals surface area contributed by atoms with Gasteiger partial charge in [-0.25, -0.2) is 4.79 Å². The van der Waals surface area contributed by atoms with Gasteiger partial charge in [0.2, 0.25) is 0 Å². The van der Waals surface area contributed by atoms with Crippen LogP contribution in [0.3, 0.4) is 0 Å². The first-order valence-corrected chi connectivity index (χ1v) is 6.23. The number of hydrogen-bond acceptors (Lipinski definition) is 4. The average Bonchev–Trinajstić information content (AvgIpc) is 2.32. The molecule has 0 N–H and O–H groups in total. The molecule has 0 aliphatic carbocycles. The normalized spacial score (nSPS) is 18.0. The van der Waals surface area contributed by atoms with Crippen molar-refractivity contribution in [2.24, 2.45) is 5.92 Å². The summed E-state index contributed by atoms with van der Waals surface area (Å²) in [7, 11) is 1.75. The average molecular weight is 241 g/mol. The van der Waals surface area contributed by atoms with Gasteiger partial charge in [-0.15, -0.1) is 0 Å². The first-order valence-electron chi connectivity index (χ1n) is 6.23. The Morgan fingerprint density at radius 1 is 1.41 bits per heavy atom. The standard InChI is InChI=1S/C13H23NO3/c1-4-17-13(15)11(2)9-14-7-5-12(6-8-14)10-16-3/h12H,2,4-10H2,1,3H3. The van der Waals surface area contributed by atoms with Crippen molar-refractivity contribution in [3.8, 4) is 0 Å². The molecular weight excluding hydrogens is 218 g/mol. The van der Waals surface area contributed by atoms with E-state index in [-0.39, 0.29) is 5.97 Å². The van der Waals surface area contributed by atoms with Crippen molar-refractivity contribution in [3.63, 3.8) is 0 Å². The number of esters is 1. The number of methoxy groups -OCH3 is 1. The maximum atomic E-state index is 11.4. The van der Waals surface area contributed by atoms with Gasteiger partial charge in [0.15, 0.2) is 0 Å². The summed E-state index contributed by atoms with van der Waals surface area (Å²) in [6.45, 7) is 9.48. The highest BCUT2D eigenvalue weighted by molar-refractivity contribution is 5.88. The van der Waals surface area contributed by atoms with Crippen LogP contribution in [0.5, 0.6) is 0 Å². The predicted molar refractivity (Wildman–Crippen MR) is 66.8 cm³/mol. The third-order valence-electron chi connectivity index (χ3n) is 3.09. The van der Waals surface area contributed by atoms with Gasteiger partial charge in [-0.2, -0.15) is 0 Å². The lowest BCUT2D eigenvalue weighted by molar-refractivity contribution is -0.138. The Hall–Kier alpha value is -0.870. The van der Waals surface area contributed by atoms with E-state index in [1.165, 1.54) is 0 Å². The molecule has 0 saturated carbocycles. The highest BCUT2D eigenvalue weighted by atomic mass is 16.5. The minimum atomic E-state index is -0.272. The maximum absolute atomic E-state index is 11.4. The molecule has 1 saturated heterocycles. The number of piperidine rings is 1. The quantitative estimate of drug-likeness (QED) is 0.521. The molecule has 1 aliphatic heterocycles. The fourth-order valence-electron chi connectivity index (χ4n) is 2.11. The molecule has 1 rings (SSSR count). The fourth-order valence-corrected chi connectivity index (χ4v) is 2.11. The smallest absolute Gasteiger partial charge is 0.334 e. The van der Waals surface area contributed by atoms with Crippen molar-refractivity contribution in [1.82, 2.24) is 4.90 Å². The largest absolute Gasteiger partial charge is 0.463 e. The molecule has 4 heteroatoms. The lowest BCUT2D eigenvalue weighted by Gasteiger charge is -2.31. The van der Waals surface area contributed by atoms with Crippen molar-refractivity contribution in [3.05, 3.63) is 12.2 Å². The van der Waals surface area contributed by atoms with E-state index in [4.69, 9.17) is 9.47 Å². The Morgan fingerprint density at radius 2 is 2.06 bits per heavy atom. The van der Waals surface area contributed by atoms with Crippen LogP contribution in [-0.2, 0) is 14.3 Å². The maximum Gasteiger partial charge on any atom is 0.334 e. The van der Waals surface area contributed by atoms with Crippen molar-refractivity contribution >= 4 is 5.97 Å². The number of carbonyl (C=O) groups is 1. The van der Waals surface area contributed by atoms with Crippen molar-refractivity contribution in [2.75, 3.05) is 40.0 Å². The van der Waals surface area contributed by atoms with E-state index >= 15 is 0 Å². The Kier molecular flexibility index (Phi) is 6.22. The Labute approximate surface area is 104 Å². The zero-order valence-electron chi connectivity index (χ0n) is 10.9. The molecule has 0 bridgehead atoms. The lowest BCUT2D eigenvalue weighted by Crippen LogP contribution is -2.37. The van der Waals surface area contributed by atoms with Crippen LogP contribution < -0.4 is 0 Å². The van der Waals surface area contributed by atoms with Gasteiger partial charge in [0.25, 0.3) is 0 Å². The van der Waals surface area contributed by atoms with Crippen molar-refractivity contribution < 1.29 is 14.3 Å². The van der Waals surface area contributed by atoms with Gasteiger partial charge in [-0.05, 0) is 38.8 Å². The summed E-state index contributed by atoms with van der Waals surface area (Å²) in [4.78, 5) is 13.7. The monoisotopic (exact) mass is 241 g/mol. The topological polar surface area (TPSA) is 38.8 Å². The summed E-state index contributed by atoms with van der Waals surface area (Å²) in [5, 5.41) is 0. The third-order valence-corrected chi connectivity index (χ3v) is 3.09. The molecule has 1 heterocycles. The summed E-state index contributed by atoms with van der Waals surface area (Å²) in [6.07, 6.45) is 2.26. The molecule has 0 aromatic carbocycles. The number of ether oxygens (including phenoxy) is 2. The van der Waals surface area contributed by atoms with Gasteiger partial charge >= 0.3 is 5.97 Å². The minimum Gasteiger partial charge on any atom is -0.463 e. The Morgan fingerprint density at radius 3 is 2.59 bits per heavy atom. The summed E-state index contributed by atoms with van der Waals surface area (Å²) >= 11 is 0. The van der Waals surface area contributed by atoms with Crippen LogP contribution in [0.4, 0.5) is 0 Å². The molecule has 1 fully saturated rings. The van der Waals surface area contributed by atoms with Crippen molar-refractivity contribution in [1.29, 1.82) is 0 Å². The van der Waals surface area contributed by atoms with Gasteiger partial charge in [0.1, 0.15) is 0 Å². The zero-order valence-corrected chi connectivity index (χ0v) is 10.9. The molecule has 0 unspecified atom stereocenters. The van der Waals surface area contributed by atoms with Crippen molar-refractivity contribution in [2.45, 2.75) is 19.8 Å². The number of nitrogens with zero attached hydrogens (tertiary/aromatic N) is 1. The summed E-state index contributed by atoms with van der Waals surface area (Å²) in [5.74, 6) is 0.388. The molecule has 4 nitrogen and oxygen atoms in total. The third kappa shape index (κ3) is 4.88. The molecule has 98 valence electrons. The predicted octanol–water partition coefficient (Wildman–Crippen LogP) is 1.46. The number of carbonyl (C=O) groups excluding carboxylic acids is 1. The number of hydrogen-bond donors (Lipinski definition) is 0. The van der Waals surface area contributed by atoms with Crippen LogP contribution in [0.25, 0.3) is 0 Å². The lowest BCUT2D eigenvalue weighted by atomic mass is 9.97. The zero-order chi connectivity index (χ0) is 12.7. The van der Waals surface area contributed by atoms with E-state index in [1.807, 2.05) is 0 Å². The SMILES string of the molecule is C=C(CN1CCC(COC)CC1)C(=O)OCC. The molecule has 0 radical (unpaired) electrons. The second-order valence-corrected chi connectivity index (χ2v) is 4.50. The minimum absolute atomic E-state index is 0.272. The van der Waals surface area contributed by atoms with Crippen LogP contribution in [0.1, 0.15) is 19.8 Å². The molecule has 0 amide bonds. The van der Waals surface area contributed by atoms with Crippen LogP contribution in [-0.4, -0.2) is 50.8 Å². The van der Waals surface area contributed by atoms with Gasteiger partial charge in [-0.3, -0.25) is 4.90 Å². The molecule has 0 atom stereocenters. The van der Waals surface area contributed by atoms with Crippen LogP contribution in [0.15, 0.2) is 12.2 Å². The first-order chi connectivity index (χ1) is 8.17. The van der Waals surface area contributed by atoms with Gasteiger partial charge in [0.05, 0.1) is 6.61 Å². The molecular formula is C13H23NO3. The van der Waals surface area contributed by atoms with E-state index in [0.29, 0.717) is 24.6 Å². The van der Waals surface area contributed by atoms with Gasteiger partial charge in [0, 0.05) is 25.8 Å². The van der Waals surface area contributed by atoms with E-state index in [0.717, 1.165) is 32.5 Å². The van der Waals surface area contributed by atoms with E-state index in [1.54, 1.807) is 14.0 Å². The second kappa shape index (κ2) is 7.45. The summed E-state index contributed by atoms with van der Waals surface area (Å²) < 4.78 is 10.1.